The Hall–Kier alpha value is -1.07. The van der Waals surface area contributed by atoms with Gasteiger partial charge in [0.25, 0.3) is 0 Å². The molecule has 0 aliphatic carbocycles. The van der Waals surface area contributed by atoms with Crippen LogP contribution in [-0.4, -0.2) is 57.5 Å². The molecular weight excluding hydrogens is 296 g/mol. The first kappa shape index (κ1) is 15.8. The third-order valence-electron chi connectivity index (χ3n) is 4.93. The van der Waals surface area contributed by atoms with Crippen LogP contribution in [0.5, 0.6) is 0 Å². The Bertz CT molecular complexity index is 609. The van der Waals surface area contributed by atoms with E-state index >= 15 is 0 Å². The molecule has 4 nitrogen and oxygen atoms in total. The lowest BCUT2D eigenvalue weighted by molar-refractivity contribution is 0.343. The van der Waals surface area contributed by atoms with Crippen LogP contribution >= 0.6 is 0 Å². The normalized spacial score (nSPS) is 23.3. The van der Waals surface area contributed by atoms with Crippen LogP contribution in [0.25, 0.3) is 0 Å². The van der Waals surface area contributed by atoms with Crippen LogP contribution in [0, 0.1) is 0 Å². The number of likely N-dealkylation sites (tertiary alicyclic amines) is 1. The fourth-order valence-electron chi connectivity index (χ4n) is 3.52. The molecule has 2 aliphatic heterocycles. The van der Waals surface area contributed by atoms with Crippen LogP contribution in [0.4, 0.5) is 5.69 Å². The molecule has 1 atom stereocenters. The average Bonchev–Trinajstić information content (AvgIpc) is 3.16. The minimum atomic E-state index is -2.88. The van der Waals surface area contributed by atoms with Gasteiger partial charge in [0, 0.05) is 38.1 Å². The molecular formula is C17H26N2O2S. The molecule has 2 saturated heterocycles. The topological polar surface area (TPSA) is 40.6 Å². The zero-order chi connectivity index (χ0) is 15.6. The highest BCUT2D eigenvalue weighted by Gasteiger charge is 2.29. The summed E-state index contributed by atoms with van der Waals surface area (Å²) in [6, 6.07) is 8.83. The van der Waals surface area contributed by atoms with E-state index < -0.39 is 9.84 Å². The molecule has 2 fully saturated rings. The minimum absolute atomic E-state index is 0.163. The van der Waals surface area contributed by atoms with Gasteiger partial charge in [0.1, 0.15) is 0 Å². The van der Waals surface area contributed by atoms with E-state index in [1.54, 1.807) is 0 Å². The van der Waals surface area contributed by atoms with Gasteiger partial charge < -0.3 is 9.80 Å². The van der Waals surface area contributed by atoms with Gasteiger partial charge in [0.05, 0.1) is 5.25 Å². The first-order chi connectivity index (χ1) is 10.5. The van der Waals surface area contributed by atoms with Crippen molar-refractivity contribution < 1.29 is 8.42 Å². The maximum Gasteiger partial charge on any atom is 0.151 e. The van der Waals surface area contributed by atoms with Crippen molar-refractivity contribution in [3.8, 4) is 0 Å². The monoisotopic (exact) mass is 322 g/mol. The quantitative estimate of drug-likeness (QED) is 0.831. The molecule has 0 spiro atoms. The van der Waals surface area contributed by atoms with Gasteiger partial charge in [-0.3, -0.25) is 0 Å². The fourth-order valence-corrected chi connectivity index (χ4v) is 4.54. The lowest BCUT2D eigenvalue weighted by atomic mass is 10.1. The molecule has 0 radical (unpaired) electrons. The summed E-state index contributed by atoms with van der Waals surface area (Å²) in [6.07, 6.45) is 5.74. The van der Waals surface area contributed by atoms with Crippen molar-refractivity contribution in [1.29, 1.82) is 0 Å². The largest absolute Gasteiger partial charge is 0.372 e. The van der Waals surface area contributed by atoms with E-state index in [0.29, 0.717) is 6.54 Å². The summed E-state index contributed by atoms with van der Waals surface area (Å²) in [4.78, 5) is 4.74. The Balaban J connectivity index is 1.55. The van der Waals surface area contributed by atoms with E-state index in [-0.39, 0.29) is 5.25 Å². The van der Waals surface area contributed by atoms with Gasteiger partial charge >= 0.3 is 0 Å². The fraction of sp³-hybridized carbons (Fsp3) is 0.647. The van der Waals surface area contributed by atoms with Crippen molar-refractivity contribution in [2.45, 2.75) is 30.9 Å². The van der Waals surface area contributed by atoms with Crippen molar-refractivity contribution in [2.24, 2.45) is 0 Å². The number of hydrogen-bond acceptors (Lipinski definition) is 4. The van der Waals surface area contributed by atoms with Crippen molar-refractivity contribution >= 4 is 15.5 Å². The van der Waals surface area contributed by atoms with E-state index in [1.807, 2.05) is 0 Å². The van der Waals surface area contributed by atoms with Crippen LogP contribution < -0.4 is 4.90 Å². The van der Waals surface area contributed by atoms with Gasteiger partial charge in [0.15, 0.2) is 9.84 Å². The standard InChI is InChI=1S/C17H26N2O2S/c1-22(20,21)17-8-12-18(14-17)11-7-15-5-4-6-16(13-15)19-9-2-3-10-19/h4-6,13,17H,2-3,7-12,14H2,1H3. The van der Waals surface area contributed by atoms with E-state index in [4.69, 9.17) is 0 Å². The molecule has 0 aromatic heterocycles. The number of anilines is 1. The highest BCUT2D eigenvalue weighted by Crippen LogP contribution is 2.22. The van der Waals surface area contributed by atoms with Crippen LogP contribution in [0.2, 0.25) is 0 Å². The van der Waals surface area contributed by atoms with Crippen LogP contribution in [0.3, 0.4) is 0 Å². The maximum atomic E-state index is 11.6. The Labute approximate surface area is 134 Å². The summed E-state index contributed by atoms with van der Waals surface area (Å²) in [7, 11) is -2.88. The predicted molar refractivity (Wildman–Crippen MR) is 91.3 cm³/mol. The molecule has 1 unspecified atom stereocenters. The highest BCUT2D eigenvalue weighted by atomic mass is 32.2. The molecule has 0 bridgehead atoms. The lowest BCUT2D eigenvalue weighted by Crippen LogP contribution is -2.28. The average molecular weight is 322 g/mol. The molecule has 2 aliphatic rings. The number of hydrogen-bond donors (Lipinski definition) is 0. The highest BCUT2D eigenvalue weighted by molar-refractivity contribution is 7.91. The Kier molecular flexibility index (Phi) is 4.73. The van der Waals surface area contributed by atoms with Crippen molar-refractivity contribution in [3.05, 3.63) is 29.8 Å². The summed E-state index contributed by atoms with van der Waals surface area (Å²) in [5.41, 5.74) is 2.69. The number of benzene rings is 1. The van der Waals surface area contributed by atoms with Gasteiger partial charge in [-0.15, -0.1) is 0 Å². The molecule has 3 rings (SSSR count). The predicted octanol–water partition coefficient (Wildman–Crippen LogP) is 1.95. The van der Waals surface area contributed by atoms with Crippen molar-refractivity contribution in [3.63, 3.8) is 0 Å². The SMILES string of the molecule is CS(=O)(=O)C1CCN(CCc2cccc(N3CCCC3)c2)C1. The second kappa shape index (κ2) is 6.59. The van der Waals surface area contributed by atoms with Crippen molar-refractivity contribution in [1.82, 2.24) is 4.90 Å². The Morgan fingerprint density at radius 3 is 2.64 bits per heavy atom. The summed E-state index contributed by atoms with van der Waals surface area (Å²) in [5.74, 6) is 0. The van der Waals surface area contributed by atoms with E-state index in [0.717, 1.165) is 25.9 Å². The third kappa shape index (κ3) is 3.82. The number of rotatable bonds is 5. The second-order valence-corrected chi connectivity index (χ2v) is 8.98. The summed E-state index contributed by atoms with van der Waals surface area (Å²) in [6.45, 7) is 4.90. The van der Waals surface area contributed by atoms with Gasteiger partial charge in [-0.05, 0) is 49.9 Å². The van der Waals surface area contributed by atoms with Crippen LogP contribution in [-0.2, 0) is 16.3 Å². The molecule has 2 heterocycles. The van der Waals surface area contributed by atoms with Crippen molar-refractivity contribution in [2.75, 3.05) is 43.9 Å². The van der Waals surface area contributed by atoms with Gasteiger partial charge in [-0.25, -0.2) is 8.42 Å². The third-order valence-corrected chi connectivity index (χ3v) is 6.53. The van der Waals surface area contributed by atoms with E-state index in [9.17, 15) is 8.42 Å². The maximum absolute atomic E-state index is 11.6. The Morgan fingerprint density at radius 2 is 1.95 bits per heavy atom. The zero-order valence-corrected chi connectivity index (χ0v) is 14.2. The van der Waals surface area contributed by atoms with Crippen LogP contribution in [0.1, 0.15) is 24.8 Å². The minimum Gasteiger partial charge on any atom is -0.372 e. The zero-order valence-electron chi connectivity index (χ0n) is 13.4. The van der Waals surface area contributed by atoms with E-state index in [2.05, 4.69) is 34.1 Å². The Morgan fingerprint density at radius 1 is 1.18 bits per heavy atom. The molecule has 0 saturated carbocycles. The second-order valence-electron chi connectivity index (χ2n) is 6.65. The lowest BCUT2D eigenvalue weighted by Gasteiger charge is -2.19. The summed E-state index contributed by atoms with van der Waals surface area (Å²) < 4.78 is 23.2. The smallest absolute Gasteiger partial charge is 0.151 e. The van der Waals surface area contributed by atoms with Gasteiger partial charge in [-0.2, -0.15) is 0 Å². The first-order valence-electron chi connectivity index (χ1n) is 8.27. The molecule has 5 heteroatoms. The summed E-state index contributed by atoms with van der Waals surface area (Å²) in [5, 5.41) is -0.163. The molecule has 22 heavy (non-hydrogen) atoms. The van der Waals surface area contributed by atoms with Gasteiger partial charge in [-0.1, -0.05) is 12.1 Å². The first-order valence-corrected chi connectivity index (χ1v) is 10.2. The molecule has 1 aromatic rings. The summed E-state index contributed by atoms with van der Waals surface area (Å²) >= 11 is 0. The molecule has 122 valence electrons. The molecule has 0 N–H and O–H groups in total. The molecule has 1 aromatic carbocycles. The molecule has 0 amide bonds. The number of sulfone groups is 1. The van der Waals surface area contributed by atoms with Gasteiger partial charge in [0.2, 0.25) is 0 Å². The van der Waals surface area contributed by atoms with Crippen LogP contribution in [0.15, 0.2) is 24.3 Å². The van der Waals surface area contributed by atoms with E-state index in [1.165, 1.54) is 43.4 Å². The number of nitrogens with zero attached hydrogens (tertiary/aromatic N) is 2.